The molecule has 0 amide bonds. The van der Waals surface area contributed by atoms with Crippen molar-refractivity contribution in [2.24, 2.45) is 11.8 Å². The van der Waals surface area contributed by atoms with Gasteiger partial charge in [0.25, 0.3) is 0 Å². The predicted octanol–water partition coefficient (Wildman–Crippen LogP) is 5.99. The Morgan fingerprint density at radius 3 is 2.14 bits per heavy atom. The molecule has 1 heteroatoms. The van der Waals surface area contributed by atoms with Crippen LogP contribution in [0.4, 0.5) is 0 Å². The molecule has 0 aliphatic heterocycles. The fourth-order valence-electron chi connectivity index (χ4n) is 3.54. The van der Waals surface area contributed by atoms with Crippen molar-refractivity contribution in [2.75, 3.05) is 0 Å². The zero-order valence-electron chi connectivity index (χ0n) is 15.0. The lowest BCUT2D eigenvalue weighted by Gasteiger charge is -2.25. The summed E-state index contributed by atoms with van der Waals surface area (Å²) in [4.78, 5) is 12.4. The van der Waals surface area contributed by atoms with E-state index in [0.29, 0.717) is 18.1 Å². The first-order chi connectivity index (χ1) is 10.7. The highest BCUT2D eigenvalue weighted by molar-refractivity contribution is 5.81. The zero-order chi connectivity index (χ0) is 16.4. The number of rotatable bonds is 11. The zero-order valence-corrected chi connectivity index (χ0v) is 15.0. The van der Waals surface area contributed by atoms with Gasteiger partial charge in [-0.1, -0.05) is 77.6 Å². The molecule has 22 heavy (non-hydrogen) atoms. The first-order valence-electron chi connectivity index (χ1n) is 9.26. The largest absolute Gasteiger partial charge is 0.299 e. The summed E-state index contributed by atoms with van der Waals surface area (Å²) in [7, 11) is 0. The molecule has 0 aliphatic carbocycles. The van der Waals surface area contributed by atoms with E-state index in [1.54, 1.807) is 0 Å². The number of aryl methyl sites for hydroxylation is 2. The van der Waals surface area contributed by atoms with Crippen LogP contribution in [0.5, 0.6) is 0 Å². The van der Waals surface area contributed by atoms with Gasteiger partial charge in [0.15, 0.2) is 0 Å². The second kappa shape index (κ2) is 10.6. The first-order valence-corrected chi connectivity index (χ1v) is 9.26. The number of carbonyl (C=O) groups is 1. The maximum Gasteiger partial charge on any atom is 0.135 e. The third-order valence-corrected chi connectivity index (χ3v) is 4.79. The average molecular weight is 303 g/mol. The molecule has 0 saturated carbocycles. The third kappa shape index (κ3) is 5.94. The van der Waals surface area contributed by atoms with Crippen molar-refractivity contribution in [1.82, 2.24) is 0 Å². The van der Waals surface area contributed by atoms with Crippen LogP contribution >= 0.6 is 0 Å². The summed E-state index contributed by atoms with van der Waals surface area (Å²) in [5.74, 6) is 1.31. The van der Waals surface area contributed by atoms with Crippen molar-refractivity contribution < 1.29 is 4.79 Å². The van der Waals surface area contributed by atoms with Crippen LogP contribution in [0.2, 0.25) is 0 Å². The summed E-state index contributed by atoms with van der Waals surface area (Å²) in [6, 6.07) is 8.86. The minimum atomic E-state index is 0.259. The Morgan fingerprint density at radius 1 is 0.955 bits per heavy atom. The highest BCUT2D eigenvalue weighted by Crippen LogP contribution is 2.29. The molecule has 0 saturated heterocycles. The van der Waals surface area contributed by atoms with Gasteiger partial charge in [-0.25, -0.2) is 0 Å². The van der Waals surface area contributed by atoms with Gasteiger partial charge in [-0.3, -0.25) is 4.79 Å². The van der Waals surface area contributed by atoms with Gasteiger partial charge in [0.05, 0.1) is 0 Å². The Kier molecular flexibility index (Phi) is 9.11. The number of Topliss-reactive ketones (excluding diaryl/α,β-unsaturated/α-hetero) is 1. The van der Waals surface area contributed by atoms with Gasteiger partial charge in [0, 0.05) is 12.3 Å². The van der Waals surface area contributed by atoms with Gasteiger partial charge >= 0.3 is 0 Å². The molecule has 0 spiro atoms. The van der Waals surface area contributed by atoms with Crippen molar-refractivity contribution in [1.29, 1.82) is 0 Å². The molecule has 0 bridgehead atoms. The third-order valence-electron chi connectivity index (χ3n) is 4.79. The lowest BCUT2D eigenvalue weighted by molar-refractivity contribution is -0.124. The molecule has 0 N–H and O–H groups in total. The summed E-state index contributed by atoms with van der Waals surface area (Å²) in [5, 5.41) is 0. The number of ketones is 1. The van der Waals surface area contributed by atoms with E-state index >= 15 is 0 Å². The average Bonchev–Trinajstić information content (AvgIpc) is 2.55. The molecule has 0 radical (unpaired) electrons. The molecular formula is C21H34O. The van der Waals surface area contributed by atoms with Crippen LogP contribution in [0.15, 0.2) is 24.3 Å². The fraction of sp³-hybridized carbons (Fsp3) is 0.667. The minimum Gasteiger partial charge on any atom is -0.299 e. The highest BCUT2D eigenvalue weighted by Gasteiger charge is 2.25. The van der Waals surface area contributed by atoms with Crippen molar-refractivity contribution in [3.05, 3.63) is 35.4 Å². The predicted molar refractivity (Wildman–Crippen MR) is 96.2 cm³/mol. The molecule has 0 heterocycles. The van der Waals surface area contributed by atoms with Gasteiger partial charge in [0.2, 0.25) is 0 Å². The molecule has 0 aromatic heterocycles. The second-order valence-corrected chi connectivity index (χ2v) is 6.48. The van der Waals surface area contributed by atoms with Gasteiger partial charge in [-0.15, -0.1) is 0 Å². The van der Waals surface area contributed by atoms with Crippen molar-refractivity contribution in [3.8, 4) is 0 Å². The minimum absolute atomic E-state index is 0.259. The fourth-order valence-corrected chi connectivity index (χ4v) is 3.54. The van der Waals surface area contributed by atoms with Crippen LogP contribution in [0.3, 0.4) is 0 Å². The number of hydrogen-bond acceptors (Lipinski definition) is 1. The molecule has 124 valence electrons. The summed E-state index contributed by atoms with van der Waals surface area (Å²) < 4.78 is 0. The van der Waals surface area contributed by atoms with Crippen molar-refractivity contribution in [2.45, 2.75) is 79.1 Å². The van der Waals surface area contributed by atoms with E-state index in [-0.39, 0.29) is 5.92 Å². The van der Waals surface area contributed by atoms with E-state index in [9.17, 15) is 4.79 Å². The van der Waals surface area contributed by atoms with Crippen LogP contribution in [-0.2, 0) is 17.6 Å². The van der Waals surface area contributed by atoms with E-state index in [2.05, 4.69) is 45.0 Å². The SMILES string of the molecule is CCCC(CCC)C(CCc1cccc(CC)c1)C(=O)CC. The number of carbonyl (C=O) groups excluding carboxylic acids is 1. The molecule has 0 fully saturated rings. The highest BCUT2D eigenvalue weighted by atomic mass is 16.1. The van der Waals surface area contributed by atoms with Crippen LogP contribution in [0.1, 0.15) is 77.3 Å². The summed E-state index contributed by atoms with van der Waals surface area (Å²) in [6.07, 6.45) is 8.58. The normalized spacial score (nSPS) is 12.6. The van der Waals surface area contributed by atoms with Gasteiger partial charge in [-0.2, -0.15) is 0 Å². The Balaban J connectivity index is 2.77. The Labute approximate surface area is 137 Å². The smallest absolute Gasteiger partial charge is 0.135 e. The van der Waals surface area contributed by atoms with E-state index in [0.717, 1.165) is 19.3 Å². The Morgan fingerprint density at radius 2 is 1.59 bits per heavy atom. The molecule has 1 nitrogen and oxygen atoms in total. The number of hydrogen-bond donors (Lipinski definition) is 0. The maximum atomic E-state index is 12.4. The molecule has 1 unspecified atom stereocenters. The monoisotopic (exact) mass is 302 g/mol. The van der Waals surface area contributed by atoms with E-state index < -0.39 is 0 Å². The van der Waals surface area contributed by atoms with Crippen LogP contribution in [0, 0.1) is 11.8 Å². The first kappa shape index (κ1) is 18.9. The number of benzene rings is 1. The molecule has 0 aliphatic rings. The summed E-state index contributed by atoms with van der Waals surface area (Å²) >= 11 is 0. The van der Waals surface area contributed by atoms with Crippen molar-refractivity contribution in [3.63, 3.8) is 0 Å². The molecule has 1 aromatic rings. The van der Waals surface area contributed by atoms with E-state index in [1.807, 2.05) is 6.92 Å². The van der Waals surface area contributed by atoms with Crippen molar-refractivity contribution >= 4 is 5.78 Å². The van der Waals surface area contributed by atoms with Gasteiger partial charge in [-0.05, 0) is 36.3 Å². The molecule has 1 rings (SSSR count). The summed E-state index contributed by atoms with van der Waals surface area (Å²) in [5.41, 5.74) is 2.79. The van der Waals surface area contributed by atoms with E-state index in [4.69, 9.17) is 0 Å². The van der Waals surface area contributed by atoms with Gasteiger partial charge < -0.3 is 0 Å². The van der Waals surface area contributed by atoms with E-state index in [1.165, 1.54) is 36.8 Å². The van der Waals surface area contributed by atoms with Crippen LogP contribution in [0.25, 0.3) is 0 Å². The molecule has 1 aromatic carbocycles. The van der Waals surface area contributed by atoms with Crippen LogP contribution in [-0.4, -0.2) is 5.78 Å². The Bertz CT molecular complexity index is 429. The van der Waals surface area contributed by atoms with Gasteiger partial charge in [0.1, 0.15) is 5.78 Å². The topological polar surface area (TPSA) is 17.1 Å². The second-order valence-electron chi connectivity index (χ2n) is 6.48. The quantitative estimate of drug-likeness (QED) is 0.490. The standard InChI is InChI=1S/C21H34O/c1-5-10-19(11-6-2)20(21(22)8-4)15-14-18-13-9-12-17(7-3)16-18/h9,12-13,16,19-20H,5-8,10-11,14-15H2,1-4H3. The molecule has 1 atom stereocenters. The Hall–Kier alpha value is -1.11. The summed E-state index contributed by atoms with van der Waals surface area (Å²) in [6.45, 7) is 8.69. The maximum absolute atomic E-state index is 12.4. The lowest BCUT2D eigenvalue weighted by Crippen LogP contribution is -2.24. The molecular weight excluding hydrogens is 268 g/mol. The lowest BCUT2D eigenvalue weighted by atomic mass is 9.78. The van der Waals surface area contributed by atoms with Crippen LogP contribution < -0.4 is 0 Å².